The Morgan fingerprint density at radius 2 is 1.79 bits per heavy atom. The van der Waals surface area contributed by atoms with Crippen LogP contribution in [-0.2, 0) is 10.2 Å². The minimum atomic E-state index is -1.10. The van der Waals surface area contributed by atoms with Crippen LogP contribution >= 0.6 is 23.2 Å². The number of halogens is 2. The molecule has 1 aliphatic rings. The Hall–Kier alpha value is -2.06. The number of benzene rings is 2. The van der Waals surface area contributed by atoms with Crippen molar-refractivity contribution in [2.24, 2.45) is 0 Å². The zero-order valence-corrected chi connectivity index (χ0v) is 17.3. The minimum Gasteiger partial charge on any atom is -0.480 e. The van der Waals surface area contributed by atoms with Crippen molar-refractivity contribution in [3.8, 4) is 6.07 Å². The third kappa shape index (κ3) is 2.99. The second kappa shape index (κ2) is 7.75. The van der Waals surface area contributed by atoms with Crippen LogP contribution in [0.1, 0.15) is 43.7 Å². The molecule has 0 spiro atoms. The first kappa shape index (κ1) is 20.7. The zero-order chi connectivity index (χ0) is 20.5. The number of hydrogen-bond donors (Lipinski definition) is 2. The molecule has 28 heavy (non-hydrogen) atoms. The van der Waals surface area contributed by atoms with Gasteiger partial charge in [-0.3, -0.25) is 10.1 Å². The summed E-state index contributed by atoms with van der Waals surface area (Å²) in [6, 6.07) is 15.9. The Morgan fingerprint density at radius 1 is 1.14 bits per heavy atom. The predicted octanol–water partition coefficient (Wildman–Crippen LogP) is 5.15. The molecule has 0 saturated carbocycles. The number of nitriles is 1. The van der Waals surface area contributed by atoms with Gasteiger partial charge >= 0.3 is 5.97 Å². The van der Waals surface area contributed by atoms with E-state index in [0.717, 1.165) is 11.1 Å². The predicted molar refractivity (Wildman–Crippen MR) is 111 cm³/mol. The van der Waals surface area contributed by atoms with Crippen LogP contribution in [0.15, 0.2) is 48.5 Å². The summed E-state index contributed by atoms with van der Waals surface area (Å²) >= 11 is 12.3. The topological polar surface area (TPSA) is 73.1 Å². The molecule has 3 rings (SSSR count). The molecule has 146 valence electrons. The van der Waals surface area contributed by atoms with E-state index in [4.69, 9.17) is 23.2 Å². The largest absolute Gasteiger partial charge is 0.480 e. The lowest BCUT2D eigenvalue weighted by Gasteiger charge is -2.43. The highest BCUT2D eigenvalue weighted by molar-refractivity contribution is 6.30. The lowest BCUT2D eigenvalue weighted by atomic mass is 9.58. The molecule has 0 bridgehead atoms. The highest BCUT2D eigenvalue weighted by atomic mass is 35.5. The molecule has 1 heterocycles. The van der Waals surface area contributed by atoms with E-state index in [1.54, 1.807) is 30.3 Å². The maximum Gasteiger partial charge on any atom is 0.321 e. The van der Waals surface area contributed by atoms with Gasteiger partial charge in [0.25, 0.3) is 0 Å². The Labute approximate surface area is 175 Å². The Morgan fingerprint density at radius 3 is 2.29 bits per heavy atom. The highest BCUT2D eigenvalue weighted by Crippen LogP contribution is 2.56. The summed E-state index contributed by atoms with van der Waals surface area (Å²) in [7, 11) is 0. The van der Waals surface area contributed by atoms with E-state index in [0.29, 0.717) is 22.9 Å². The summed E-state index contributed by atoms with van der Waals surface area (Å²) in [6.07, 6.45) is 1.20. The molecule has 0 radical (unpaired) electrons. The fourth-order valence-corrected chi connectivity index (χ4v) is 5.14. The SMILES string of the molecule is CCC1(CC)N[C@@H](C(=O)O)C(c2cccc(Cl)c2)[C@@]1(C#N)c1ccc(Cl)cc1. The van der Waals surface area contributed by atoms with E-state index in [-0.39, 0.29) is 0 Å². The molecule has 1 aliphatic heterocycles. The summed E-state index contributed by atoms with van der Waals surface area (Å²) < 4.78 is 0. The van der Waals surface area contributed by atoms with E-state index >= 15 is 0 Å². The summed E-state index contributed by atoms with van der Waals surface area (Å²) in [6.45, 7) is 3.97. The van der Waals surface area contributed by atoms with E-state index in [2.05, 4.69) is 11.4 Å². The first-order chi connectivity index (χ1) is 13.3. The van der Waals surface area contributed by atoms with E-state index in [9.17, 15) is 15.2 Å². The van der Waals surface area contributed by atoms with Crippen molar-refractivity contribution >= 4 is 29.2 Å². The lowest BCUT2D eigenvalue weighted by Crippen LogP contribution is -2.54. The molecule has 0 aromatic heterocycles. The smallest absolute Gasteiger partial charge is 0.321 e. The van der Waals surface area contributed by atoms with Crippen LogP contribution in [0.3, 0.4) is 0 Å². The van der Waals surface area contributed by atoms with Gasteiger partial charge in [-0.2, -0.15) is 5.26 Å². The number of aliphatic carboxylic acids is 1. The fourth-order valence-electron chi connectivity index (χ4n) is 4.81. The minimum absolute atomic E-state index is 0.509. The number of rotatable bonds is 5. The second-order valence-electron chi connectivity index (χ2n) is 7.21. The number of carbonyl (C=O) groups is 1. The third-order valence-electron chi connectivity index (χ3n) is 6.14. The van der Waals surface area contributed by atoms with Gasteiger partial charge in [0.05, 0.1) is 6.07 Å². The number of nitrogens with one attached hydrogen (secondary N) is 1. The summed E-state index contributed by atoms with van der Waals surface area (Å²) in [5.41, 5.74) is -0.336. The molecule has 1 saturated heterocycles. The van der Waals surface area contributed by atoms with E-state index in [1.165, 1.54) is 0 Å². The Kier molecular flexibility index (Phi) is 5.72. The van der Waals surface area contributed by atoms with Crippen molar-refractivity contribution in [2.75, 3.05) is 0 Å². The molecule has 2 N–H and O–H groups in total. The monoisotopic (exact) mass is 416 g/mol. The standard InChI is InChI=1S/C22H22Cl2N2O2/c1-3-21(4-2)22(13-25,15-8-10-16(23)11-9-15)18(19(26-21)20(27)28)14-6-5-7-17(24)12-14/h5-12,18-19,26H,3-4H2,1-2H3,(H,27,28)/t18?,19-,22-/m1/s1. The van der Waals surface area contributed by atoms with E-state index in [1.807, 2.05) is 32.0 Å². The van der Waals surface area contributed by atoms with Gasteiger partial charge in [0.15, 0.2) is 0 Å². The van der Waals surface area contributed by atoms with Crippen LogP contribution in [0.4, 0.5) is 0 Å². The number of nitrogens with zero attached hydrogens (tertiary/aromatic N) is 1. The molecule has 4 nitrogen and oxygen atoms in total. The Bertz CT molecular complexity index is 919. The molecule has 2 aromatic rings. The molecule has 0 amide bonds. The van der Waals surface area contributed by atoms with Crippen LogP contribution in [-0.4, -0.2) is 22.7 Å². The molecular weight excluding hydrogens is 395 g/mol. The first-order valence-corrected chi connectivity index (χ1v) is 10.0. The van der Waals surface area contributed by atoms with Crippen LogP contribution in [0.5, 0.6) is 0 Å². The number of carboxylic acids is 1. The summed E-state index contributed by atoms with van der Waals surface area (Å²) in [5, 5.41) is 25.0. The average molecular weight is 417 g/mol. The molecule has 3 atom stereocenters. The van der Waals surface area contributed by atoms with Crippen LogP contribution in [0.2, 0.25) is 10.0 Å². The van der Waals surface area contributed by atoms with Crippen molar-refractivity contribution in [2.45, 2.75) is 49.6 Å². The van der Waals surface area contributed by atoms with Gasteiger partial charge in [0.2, 0.25) is 0 Å². The van der Waals surface area contributed by atoms with Crippen LogP contribution in [0.25, 0.3) is 0 Å². The van der Waals surface area contributed by atoms with Crippen LogP contribution < -0.4 is 5.32 Å². The van der Waals surface area contributed by atoms with Crippen molar-refractivity contribution in [1.29, 1.82) is 5.26 Å². The fraction of sp³-hybridized carbons (Fsp3) is 0.364. The lowest BCUT2D eigenvalue weighted by molar-refractivity contribution is -0.139. The van der Waals surface area contributed by atoms with Crippen molar-refractivity contribution in [3.05, 3.63) is 69.7 Å². The summed E-state index contributed by atoms with van der Waals surface area (Å²) in [4.78, 5) is 12.3. The molecule has 1 fully saturated rings. The number of carboxylic acid groups (broad SMARTS) is 1. The van der Waals surface area contributed by atoms with Gasteiger partial charge in [0.1, 0.15) is 11.5 Å². The summed E-state index contributed by atoms with van der Waals surface area (Å²) in [5.74, 6) is -1.60. The maximum absolute atomic E-state index is 12.3. The first-order valence-electron chi connectivity index (χ1n) is 9.28. The zero-order valence-electron chi connectivity index (χ0n) is 15.7. The number of hydrogen-bond acceptors (Lipinski definition) is 3. The van der Waals surface area contributed by atoms with Gasteiger partial charge in [-0.25, -0.2) is 0 Å². The molecule has 1 unspecified atom stereocenters. The van der Waals surface area contributed by atoms with Gasteiger partial charge in [-0.15, -0.1) is 0 Å². The van der Waals surface area contributed by atoms with Crippen molar-refractivity contribution in [1.82, 2.24) is 5.32 Å². The van der Waals surface area contributed by atoms with Gasteiger partial charge in [-0.1, -0.05) is 61.3 Å². The van der Waals surface area contributed by atoms with Crippen LogP contribution in [0, 0.1) is 11.3 Å². The third-order valence-corrected chi connectivity index (χ3v) is 6.63. The molecule has 2 aromatic carbocycles. The normalized spacial score (nSPS) is 26.0. The van der Waals surface area contributed by atoms with Crippen molar-refractivity contribution in [3.63, 3.8) is 0 Å². The molecule has 6 heteroatoms. The molecular formula is C22H22Cl2N2O2. The average Bonchev–Trinajstić information content (AvgIpc) is 3.00. The van der Waals surface area contributed by atoms with Crippen molar-refractivity contribution < 1.29 is 9.90 Å². The quantitative estimate of drug-likeness (QED) is 0.706. The van der Waals surface area contributed by atoms with Gasteiger partial charge < -0.3 is 5.11 Å². The maximum atomic E-state index is 12.3. The molecule has 0 aliphatic carbocycles. The second-order valence-corrected chi connectivity index (χ2v) is 8.08. The highest BCUT2D eigenvalue weighted by Gasteiger charge is 2.65. The van der Waals surface area contributed by atoms with Gasteiger partial charge in [-0.05, 0) is 48.2 Å². The van der Waals surface area contributed by atoms with E-state index < -0.39 is 28.9 Å². The van der Waals surface area contributed by atoms with Gasteiger partial charge in [0, 0.05) is 21.5 Å². The Balaban J connectivity index is 2.37.